The molecule has 1 aromatic heterocycles. The molecular formula is C12H6N3O4S+. The van der Waals surface area contributed by atoms with E-state index in [1.807, 2.05) is 0 Å². The van der Waals surface area contributed by atoms with Crippen LogP contribution < -0.4 is 0 Å². The van der Waals surface area contributed by atoms with Crippen LogP contribution in [0.3, 0.4) is 0 Å². The lowest BCUT2D eigenvalue weighted by atomic mass is 10.3. The van der Waals surface area contributed by atoms with Crippen LogP contribution in [0.4, 0.5) is 11.4 Å². The molecule has 0 spiro atoms. The molecule has 7 nitrogen and oxygen atoms in total. The highest BCUT2D eigenvalue weighted by molar-refractivity contribution is 7.24. The van der Waals surface area contributed by atoms with Crippen LogP contribution in [0.2, 0.25) is 0 Å². The molecule has 3 rings (SSSR count). The van der Waals surface area contributed by atoms with Crippen molar-refractivity contribution in [1.82, 2.24) is 4.98 Å². The topological polar surface area (TPSA) is 99.2 Å². The van der Waals surface area contributed by atoms with Crippen molar-refractivity contribution in [3.63, 3.8) is 0 Å². The van der Waals surface area contributed by atoms with Crippen LogP contribution >= 0.6 is 11.3 Å². The zero-order valence-electron chi connectivity index (χ0n) is 9.85. The smallest absolute Gasteiger partial charge is 0.258 e. The van der Waals surface area contributed by atoms with Crippen molar-refractivity contribution in [2.75, 3.05) is 0 Å². The second-order valence-electron chi connectivity index (χ2n) is 4.03. The molecule has 0 atom stereocenters. The molecule has 2 aromatic carbocycles. The van der Waals surface area contributed by atoms with Gasteiger partial charge in [-0.25, -0.2) is 4.98 Å². The lowest BCUT2D eigenvalue weighted by Crippen LogP contribution is -1.89. The Morgan fingerprint density at radius 1 is 0.850 bits per heavy atom. The first kappa shape index (κ1) is 12.3. The molecule has 0 amide bonds. The maximum Gasteiger partial charge on any atom is 0.275 e. The molecule has 98 valence electrons. The van der Waals surface area contributed by atoms with Gasteiger partial charge in [-0.15, -0.1) is 0 Å². The van der Waals surface area contributed by atoms with E-state index in [1.54, 1.807) is 12.1 Å². The largest absolute Gasteiger partial charge is 0.275 e. The maximum atomic E-state index is 10.8. The Kier molecular flexibility index (Phi) is 2.72. The number of fused-ring (bicyclic) bond motifs is 2. The van der Waals surface area contributed by atoms with E-state index in [0.29, 0.717) is 20.4 Å². The van der Waals surface area contributed by atoms with Gasteiger partial charge in [0, 0.05) is 12.1 Å². The molecule has 0 aliphatic carbocycles. The zero-order valence-corrected chi connectivity index (χ0v) is 10.7. The summed E-state index contributed by atoms with van der Waals surface area (Å²) in [5.41, 5.74) is 1.20. The highest BCUT2D eigenvalue weighted by Crippen LogP contribution is 2.30. The van der Waals surface area contributed by atoms with Crippen LogP contribution in [0, 0.1) is 20.2 Å². The number of non-ortho nitro benzene ring substituents is 2. The molecule has 1 heterocycles. The van der Waals surface area contributed by atoms with Gasteiger partial charge in [-0.3, -0.25) is 20.2 Å². The summed E-state index contributed by atoms with van der Waals surface area (Å²) in [7, 11) is 0. The van der Waals surface area contributed by atoms with E-state index < -0.39 is 9.85 Å². The number of nitrogens with zero attached hydrogens (tertiary/aromatic N) is 3. The fourth-order valence-electron chi connectivity index (χ4n) is 1.83. The number of rotatable bonds is 2. The molecule has 0 unspecified atom stereocenters. The average molecular weight is 288 g/mol. The van der Waals surface area contributed by atoms with Crippen molar-refractivity contribution >= 4 is 43.1 Å². The van der Waals surface area contributed by atoms with Gasteiger partial charge >= 0.3 is 0 Å². The molecule has 0 bridgehead atoms. The number of nitro benzene ring substituents is 2. The van der Waals surface area contributed by atoms with Crippen LogP contribution in [-0.4, -0.2) is 14.8 Å². The summed E-state index contributed by atoms with van der Waals surface area (Å²) in [6.45, 7) is 0. The van der Waals surface area contributed by atoms with E-state index in [0.717, 1.165) is 0 Å². The fourth-order valence-corrected chi connectivity index (χ4v) is 2.86. The summed E-state index contributed by atoms with van der Waals surface area (Å²) in [4.78, 5) is 24.9. The third-order valence-corrected chi connectivity index (χ3v) is 3.86. The van der Waals surface area contributed by atoms with E-state index >= 15 is 0 Å². The monoisotopic (exact) mass is 288 g/mol. The van der Waals surface area contributed by atoms with Gasteiger partial charge < -0.3 is 0 Å². The minimum absolute atomic E-state index is 0.0275. The van der Waals surface area contributed by atoms with Gasteiger partial charge in [0.1, 0.15) is 11.0 Å². The Labute approximate surface area is 115 Å². The van der Waals surface area contributed by atoms with Gasteiger partial charge in [0.15, 0.2) is 0 Å². The van der Waals surface area contributed by atoms with Gasteiger partial charge in [0.2, 0.25) is 11.3 Å². The number of hydrogen-bond acceptors (Lipinski definition) is 5. The second-order valence-corrected chi connectivity index (χ2v) is 5.12. The lowest BCUT2D eigenvalue weighted by Gasteiger charge is -1.93. The van der Waals surface area contributed by atoms with Gasteiger partial charge in [-0.2, -0.15) is 0 Å². The number of benzene rings is 2. The van der Waals surface area contributed by atoms with E-state index in [1.165, 1.54) is 35.6 Å². The molecule has 0 aliphatic heterocycles. The Morgan fingerprint density at radius 2 is 1.30 bits per heavy atom. The first-order chi connectivity index (χ1) is 9.54. The lowest BCUT2D eigenvalue weighted by molar-refractivity contribution is -0.384. The Hall–Kier alpha value is -2.74. The number of hydrogen-bond donors (Lipinski definition) is 0. The van der Waals surface area contributed by atoms with Crippen molar-refractivity contribution in [3.05, 3.63) is 56.6 Å². The average Bonchev–Trinajstić information content (AvgIpc) is 2.43. The molecule has 3 aromatic rings. The Morgan fingerprint density at radius 3 is 1.70 bits per heavy atom. The minimum atomic E-state index is -0.482. The van der Waals surface area contributed by atoms with Gasteiger partial charge in [-0.1, -0.05) is 0 Å². The molecule has 20 heavy (non-hydrogen) atoms. The van der Waals surface area contributed by atoms with Crippen molar-refractivity contribution in [1.29, 1.82) is 0 Å². The van der Waals surface area contributed by atoms with Crippen LogP contribution in [0.1, 0.15) is 0 Å². The SMILES string of the molecule is O=[N+]([O-])c1ccc2nc3ccc([N+](=O)[O-])cc3[s+]c2c1. The first-order valence-electron chi connectivity index (χ1n) is 5.51. The van der Waals surface area contributed by atoms with E-state index in [4.69, 9.17) is 0 Å². The van der Waals surface area contributed by atoms with Crippen LogP contribution in [-0.2, 0) is 0 Å². The molecule has 0 saturated carbocycles. The van der Waals surface area contributed by atoms with Gasteiger partial charge in [-0.05, 0) is 12.1 Å². The van der Waals surface area contributed by atoms with Crippen molar-refractivity contribution in [2.24, 2.45) is 0 Å². The van der Waals surface area contributed by atoms with Gasteiger partial charge in [0.25, 0.3) is 20.8 Å². The predicted molar refractivity (Wildman–Crippen MR) is 74.8 cm³/mol. The summed E-state index contributed by atoms with van der Waals surface area (Å²) in [6, 6.07) is 8.77. The van der Waals surface area contributed by atoms with Gasteiger partial charge in [0.05, 0.1) is 22.0 Å². The third kappa shape index (κ3) is 2.01. The second kappa shape index (κ2) is 4.42. The van der Waals surface area contributed by atoms with E-state index in [2.05, 4.69) is 4.98 Å². The van der Waals surface area contributed by atoms with Crippen molar-refractivity contribution in [2.45, 2.75) is 0 Å². The fraction of sp³-hybridized carbons (Fsp3) is 0. The highest BCUT2D eigenvalue weighted by atomic mass is 32.1. The first-order valence-corrected chi connectivity index (χ1v) is 6.33. The minimum Gasteiger partial charge on any atom is -0.258 e. The quantitative estimate of drug-likeness (QED) is 0.311. The summed E-state index contributed by atoms with van der Waals surface area (Å²) in [6.07, 6.45) is 0. The summed E-state index contributed by atoms with van der Waals surface area (Å²) in [5.74, 6) is 0. The Bertz CT molecular complexity index is 812. The molecular weight excluding hydrogens is 282 g/mol. The summed E-state index contributed by atoms with van der Waals surface area (Å²) < 4.78 is 1.24. The summed E-state index contributed by atoms with van der Waals surface area (Å²) >= 11 is 1.24. The predicted octanol–water partition coefficient (Wildman–Crippen LogP) is 3.55. The van der Waals surface area contributed by atoms with Crippen molar-refractivity contribution in [3.8, 4) is 0 Å². The number of nitro groups is 2. The summed E-state index contributed by atoms with van der Waals surface area (Å²) in [5, 5.41) is 21.5. The van der Waals surface area contributed by atoms with Crippen LogP contribution in [0.5, 0.6) is 0 Å². The van der Waals surface area contributed by atoms with Crippen LogP contribution in [0.15, 0.2) is 36.4 Å². The molecule has 0 fully saturated rings. The maximum absolute atomic E-state index is 10.8. The van der Waals surface area contributed by atoms with Crippen LogP contribution in [0.25, 0.3) is 20.4 Å². The molecule has 0 N–H and O–H groups in total. The normalized spacial score (nSPS) is 10.8. The molecule has 0 radical (unpaired) electrons. The van der Waals surface area contributed by atoms with Crippen molar-refractivity contribution < 1.29 is 9.85 Å². The molecule has 8 heteroatoms. The molecule has 0 aliphatic rings. The van der Waals surface area contributed by atoms with E-state index in [-0.39, 0.29) is 11.4 Å². The standard InChI is InChI=1S/C12H6N3O4S/c16-14(17)7-1-3-9-11(5-7)20-12-6-8(15(18)19)2-4-10(12)13-9/h1-6H/q+1. The highest BCUT2D eigenvalue weighted by Gasteiger charge is 2.19. The number of aromatic nitrogens is 1. The third-order valence-electron chi connectivity index (χ3n) is 2.77. The zero-order chi connectivity index (χ0) is 14.3. The van der Waals surface area contributed by atoms with E-state index in [9.17, 15) is 20.2 Å². The molecule has 0 saturated heterocycles. The Balaban J connectivity index is 2.29.